The monoisotopic (exact) mass is 318 g/mol. The molecule has 23 heavy (non-hydrogen) atoms. The van der Waals surface area contributed by atoms with Gasteiger partial charge in [-0.05, 0) is 30.7 Å². The quantitative estimate of drug-likeness (QED) is 0.805. The first kappa shape index (κ1) is 15.5. The van der Waals surface area contributed by atoms with Crippen LogP contribution in [0.2, 0.25) is 0 Å². The third kappa shape index (κ3) is 3.36. The van der Waals surface area contributed by atoms with Gasteiger partial charge < -0.3 is 14.2 Å². The summed E-state index contributed by atoms with van der Waals surface area (Å²) in [4.78, 5) is 13.8. The highest BCUT2D eigenvalue weighted by Gasteiger charge is 2.28. The molecule has 0 fully saturated rings. The van der Waals surface area contributed by atoms with E-state index >= 15 is 0 Å². The second-order valence-electron chi connectivity index (χ2n) is 5.58. The molecule has 0 spiro atoms. The topological polar surface area (TPSA) is 55.6 Å². The van der Waals surface area contributed by atoms with Crippen LogP contribution in [0.4, 0.5) is 9.18 Å². The molecular formula is C17H19FN2O3. The summed E-state index contributed by atoms with van der Waals surface area (Å²) < 4.78 is 23.7. The number of aromatic nitrogens is 1. The SMILES string of the molecule is CCCCOC(=O)N1CCc2noc(-c3ccc(F)cc3)c2C1. The molecule has 6 heteroatoms. The summed E-state index contributed by atoms with van der Waals surface area (Å²) in [5, 5.41) is 4.08. The maximum absolute atomic E-state index is 13.1. The fourth-order valence-corrected chi connectivity index (χ4v) is 2.59. The average Bonchev–Trinajstić information content (AvgIpc) is 2.99. The zero-order valence-electron chi connectivity index (χ0n) is 13.0. The number of carbonyl (C=O) groups is 1. The van der Waals surface area contributed by atoms with E-state index in [0.29, 0.717) is 31.9 Å². The standard InChI is InChI=1S/C17H19FN2O3/c1-2-3-10-22-17(21)20-9-8-15-14(11-20)16(23-19-15)12-4-6-13(18)7-5-12/h4-7H,2-3,8-11H2,1H3. The Hall–Kier alpha value is -2.37. The van der Waals surface area contributed by atoms with Gasteiger partial charge in [0, 0.05) is 24.1 Å². The number of ether oxygens (including phenoxy) is 1. The van der Waals surface area contributed by atoms with Crippen molar-refractivity contribution in [3.63, 3.8) is 0 Å². The average molecular weight is 318 g/mol. The van der Waals surface area contributed by atoms with Crippen LogP contribution in [-0.4, -0.2) is 29.3 Å². The van der Waals surface area contributed by atoms with Crippen LogP contribution >= 0.6 is 0 Å². The van der Waals surface area contributed by atoms with Crippen molar-refractivity contribution in [2.24, 2.45) is 0 Å². The van der Waals surface area contributed by atoms with Crippen LogP contribution in [0.5, 0.6) is 0 Å². The minimum absolute atomic E-state index is 0.303. The number of nitrogens with zero attached hydrogens (tertiary/aromatic N) is 2. The van der Waals surface area contributed by atoms with Gasteiger partial charge in [0.15, 0.2) is 5.76 Å². The molecular weight excluding hydrogens is 299 g/mol. The van der Waals surface area contributed by atoms with Crippen LogP contribution in [0.15, 0.2) is 28.8 Å². The van der Waals surface area contributed by atoms with Gasteiger partial charge in [-0.25, -0.2) is 9.18 Å². The first-order valence-electron chi connectivity index (χ1n) is 7.84. The highest BCUT2D eigenvalue weighted by Crippen LogP contribution is 2.30. The summed E-state index contributed by atoms with van der Waals surface area (Å²) in [6.45, 7) is 3.45. The predicted molar refractivity (Wildman–Crippen MR) is 82.3 cm³/mol. The normalized spacial score (nSPS) is 13.7. The lowest BCUT2D eigenvalue weighted by Crippen LogP contribution is -2.36. The van der Waals surface area contributed by atoms with Crippen molar-refractivity contribution < 1.29 is 18.4 Å². The minimum atomic E-state index is -0.310. The highest BCUT2D eigenvalue weighted by atomic mass is 19.1. The van der Waals surface area contributed by atoms with Gasteiger partial charge in [0.2, 0.25) is 0 Å². The summed E-state index contributed by atoms with van der Waals surface area (Å²) in [6, 6.07) is 6.05. The van der Waals surface area contributed by atoms with Crippen LogP contribution in [0.25, 0.3) is 11.3 Å². The van der Waals surface area contributed by atoms with Crippen molar-refractivity contribution in [1.29, 1.82) is 0 Å². The van der Waals surface area contributed by atoms with E-state index in [9.17, 15) is 9.18 Å². The van der Waals surface area contributed by atoms with Crippen LogP contribution in [0.3, 0.4) is 0 Å². The largest absolute Gasteiger partial charge is 0.449 e. The highest BCUT2D eigenvalue weighted by molar-refractivity contribution is 5.69. The van der Waals surface area contributed by atoms with Gasteiger partial charge in [0.05, 0.1) is 18.8 Å². The lowest BCUT2D eigenvalue weighted by Gasteiger charge is -2.25. The second kappa shape index (κ2) is 6.81. The molecule has 0 radical (unpaired) electrons. The van der Waals surface area contributed by atoms with Gasteiger partial charge in [0.25, 0.3) is 0 Å². The van der Waals surface area contributed by atoms with Gasteiger partial charge in [0.1, 0.15) is 5.82 Å². The maximum atomic E-state index is 13.1. The van der Waals surface area contributed by atoms with E-state index in [4.69, 9.17) is 9.26 Å². The van der Waals surface area contributed by atoms with Crippen molar-refractivity contribution in [2.75, 3.05) is 13.2 Å². The number of carbonyl (C=O) groups excluding carboxylic acids is 1. The number of hydrogen-bond acceptors (Lipinski definition) is 4. The van der Waals surface area contributed by atoms with Gasteiger partial charge >= 0.3 is 6.09 Å². The molecule has 0 saturated heterocycles. The Morgan fingerprint density at radius 2 is 2.17 bits per heavy atom. The van der Waals surface area contributed by atoms with Crippen LogP contribution in [0, 0.1) is 5.82 Å². The second-order valence-corrected chi connectivity index (χ2v) is 5.58. The van der Waals surface area contributed by atoms with Crippen molar-refractivity contribution >= 4 is 6.09 Å². The Balaban J connectivity index is 1.76. The Bertz CT molecular complexity index is 682. The van der Waals surface area contributed by atoms with Gasteiger partial charge in [-0.1, -0.05) is 18.5 Å². The lowest BCUT2D eigenvalue weighted by atomic mass is 10.0. The molecule has 0 aliphatic carbocycles. The number of halogens is 1. The third-order valence-electron chi connectivity index (χ3n) is 3.93. The van der Waals surface area contributed by atoms with Crippen LogP contribution in [0.1, 0.15) is 31.0 Å². The summed E-state index contributed by atoms with van der Waals surface area (Å²) in [5.74, 6) is 0.286. The molecule has 5 nitrogen and oxygen atoms in total. The summed E-state index contributed by atoms with van der Waals surface area (Å²) in [6.07, 6.45) is 2.16. The smallest absolute Gasteiger partial charge is 0.410 e. The molecule has 0 bridgehead atoms. The van der Waals surface area contributed by atoms with E-state index in [1.54, 1.807) is 17.0 Å². The summed E-state index contributed by atoms with van der Waals surface area (Å²) in [5.41, 5.74) is 2.47. The van der Waals surface area contributed by atoms with Crippen LogP contribution in [-0.2, 0) is 17.7 Å². The zero-order chi connectivity index (χ0) is 16.2. The molecule has 1 aromatic carbocycles. The fraction of sp³-hybridized carbons (Fsp3) is 0.412. The molecule has 2 aromatic rings. The van der Waals surface area contributed by atoms with Crippen molar-refractivity contribution in [3.8, 4) is 11.3 Å². The van der Waals surface area contributed by atoms with E-state index in [0.717, 1.165) is 29.7 Å². The Kier molecular flexibility index (Phi) is 4.60. The molecule has 3 rings (SSSR count). The third-order valence-corrected chi connectivity index (χ3v) is 3.93. The van der Waals surface area contributed by atoms with Gasteiger partial charge in [-0.3, -0.25) is 0 Å². The summed E-state index contributed by atoms with van der Waals surface area (Å²) in [7, 11) is 0. The van der Waals surface area contributed by atoms with E-state index < -0.39 is 0 Å². The Morgan fingerprint density at radius 3 is 2.91 bits per heavy atom. The first-order chi connectivity index (χ1) is 11.2. The fourth-order valence-electron chi connectivity index (χ4n) is 2.59. The van der Waals surface area contributed by atoms with Crippen molar-refractivity contribution in [3.05, 3.63) is 41.3 Å². The summed E-state index contributed by atoms with van der Waals surface area (Å²) >= 11 is 0. The van der Waals surface area contributed by atoms with Crippen molar-refractivity contribution in [2.45, 2.75) is 32.7 Å². The molecule has 0 N–H and O–H groups in total. The van der Waals surface area contributed by atoms with E-state index in [1.807, 2.05) is 6.92 Å². The lowest BCUT2D eigenvalue weighted by molar-refractivity contribution is 0.0966. The molecule has 1 aliphatic heterocycles. The molecule has 0 atom stereocenters. The van der Waals surface area contributed by atoms with Crippen molar-refractivity contribution in [1.82, 2.24) is 10.1 Å². The number of rotatable bonds is 4. The minimum Gasteiger partial charge on any atom is -0.449 e. The maximum Gasteiger partial charge on any atom is 0.410 e. The molecule has 1 aromatic heterocycles. The Morgan fingerprint density at radius 1 is 1.39 bits per heavy atom. The molecule has 0 saturated carbocycles. The van der Waals surface area contributed by atoms with E-state index in [1.165, 1.54) is 12.1 Å². The van der Waals surface area contributed by atoms with E-state index in [2.05, 4.69) is 5.16 Å². The number of fused-ring (bicyclic) bond motifs is 1. The number of unbranched alkanes of at least 4 members (excludes halogenated alkanes) is 1. The molecule has 122 valence electrons. The Labute approximate surface area is 134 Å². The number of benzene rings is 1. The van der Waals surface area contributed by atoms with Gasteiger partial charge in [-0.2, -0.15) is 0 Å². The number of amides is 1. The van der Waals surface area contributed by atoms with Crippen LogP contribution < -0.4 is 0 Å². The molecule has 1 amide bonds. The first-order valence-corrected chi connectivity index (χ1v) is 7.84. The molecule has 0 unspecified atom stereocenters. The van der Waals surface area contributed by atoms with E-state index in [-0.39, 0.29) is 11.9 Å². The molecule has 2 heterocycles. The molecule has 1 aliphatic rings. The zero-order valence-corrected chi connectivity index (χ0v) is 13.0. The van der Waals surface area contributed by atoms with Gasteiger partial charge in [-0.15, -0.1) is 0 Å². The predicted octanol–water partition coefficient (Wildman–Crippen LogP) is 3.78. The number of hydrogen-bond donors (Lipinski definition) is 0.